The van der Waals surface area contributed by atoms with E-state index in [1.165, 1.54) is 6.33 Å². The minimum Gasteiger partial charge on any atom is -0.493 e. The van der Waals surface area contributed by atoms with Crippen molar-refractivity contribution in [3.63, 3.8) is 0 Å². The molecule has 2 N–H and O–H groups in total. The predicted molar refractivity (Wildman–Crippen MR) is 71.0 cm³/mol. The Kier molecular flexibility index (Phi) is 4.31. The van der Waals surface area contributed by atoms with Crippen LogP contribution in [0.3, 0.4) is 0 Å². The molecule has 1 unspecified atom stereocenters. The Hall–Kier alpha value is -1.69. The molecular weight excluding hydrogens is 244 g/mol. The van der Waals surface area contributed by atoms with Crippen molar-refractivity contribution in [1.82, 2.24) is 20.6 Å². The number of nitrogens with one attached hydrogen (secondary N) is 2. The summed E-state index contributed by atoms with van der Waals surface area (Å²) in [5.74, 6) is 0.961. The van der Waals surface area contributed by atoms with Crippen LogP contribution in [-0.4, -0.2) is 36.1 Å². The first kappa shape index (κ1) is 13.7. The van der Waals surface area contributed by atoms with Crippen molar-refractivity contribution in [2.24, 2.45) is 0 Å². The Labute approximate surface area is 113 Å². The normalized spacial score (nSPS) is 20.0. The molecular formula is C13H20N4O2. The summed E-state index contributed by atoms with van der Waals surface area (Å²) in [4.78, 5) is 20.2. The van der Waals surface area contributed by atoms with E-state index in [1.54, 1.807) is 7.11 Å². The van der Waals surface area contributed by atoms with Gasteiger partial charge in [0.05, 0.1) is 18.8 Å². The maximum Gasteiger partial charge on any atom is 0.222 e. The van der Waals surface area contributed by atoms with Crippen LogP contribution in [-0.2, 0) is 4.79 Å². The summed E-state index contributed by atoms with van der Waals surface area (Å²) in [6, 6.07) is -0.127. The van der Waals surface area contributed by atoms with Crippen molar-refractivity contribution in [3.8, 4) is 5.75 Å². The van der Waals surface area contributed by atoms with Gasteiger partial charge in [-0.25, -0.2) is 9.97 Å². The van der Waals surface area contributed by atoms with Crippen molar-refractivity contribution in [2.75, 3.05) is 20.2 Å². The van der Waals surface area contributed by atoms with Gasteiger partial charge >= 0.3 is 0 Å². The van der Waals surface area contributed by atoms with E-state index in [9.17, 15) is 4.79 Å². The second kappa shape index (κ2) is 5.97. The Bertz CT molecular complexity index is 462. The first-order chi connectivity index (χ1) is 9.13. The van der Waals surface area contributed by atoms with E-state index in [1.807, 2.05) is 0 Å². The summed E-state index contributed by atoms with van der Waals surface area (Å²) < 4.78 is 5.47. The summed E-state index contributed by atoms with van der Waals surface area (Å²) in [6.07, 6.45) is 1.91. The zero-order chi connectivity index (χ0) is 13.8. The third-order valence-corrected chi connectivity index (χ3v) is 3.17. The standard InChI is InChI=1S/C13H20N4O2/c1-8(2)11-13(19-3)12(17-7-16-11)9-6-10(18)15-5-4-14-9/h7-9,14H,4-6H2,1-3H3,(H,15,18). The maximum absolute atomic E-state index is 11.6. The number of carbonyl (C=O) groups is 1. The monoisotopic (exact) mass is 264 g/mol. The molecule has 0 radical (unpaired) electrons. The van der Waals surface area contributed by atoms with E-state index in [-0.39, 0.29) is 17.9 Å². The number of rotatable bonds is 3. The number of aromatic nitrogens is 2. The second-order valence-electron chi connectivity index (χ2n) is 4.89. The maximum atomic E-state index is 11.6. The molecule has 6 heteroatoms. The summed E-state index contributed by atoms with van der Waals surface area (Å²) in [5, 5.41) is 6.15. The predicted octanol–water partition coefficient (Wildman–Crippen LogP) is 0.759. The van der Waals surface area contributed by atoms with Crippen molar-refractivity contribution in [1.29, 1.82) is 0 Å². The summed E-state index contributed by atoms with van der Waals surface area (Å²) in [7, 11) is 1.62. The van der Waals surface area contributed by atoms with Crippen LogP contribution in [0.2, 0.25) is 0 Å². The van der Waals surface area contributed by atoms with Crippen LogP contribution in [0.25, 0.3) is 0 Å². The lowest BCUT2D eigenvalue weighted by Crippen LogP contribution is -2.25. The molecule has 104 valence electrons. The van der Waals surface area contributed by atoms with E-state index in [2.05, 4.69) is 34.4 Å². The number of nitrogens with zero attached hydrogens (tertiary/aromatic N) is 2. The lowest BCUT2D eigenvalue weighted by molar-refractivity contribution is -0.121. The van der Waals surface area contributed by atoms with Crippen LogP contribution >= 0.6 is 0 Å². The van der Waals surface area contributed by atoms with Crippen molar-refractivity contribution in [2.45, 2.75) is 32.2 Å². The van der Waals surface area contributed by atoms with E-state index in [4.69, 9.17) is 4.74 Å². The third kappa shape index (κ3) is 3.01. The van der Waals surface area contributed by atoms with Gasteiger partial charge in [-0.1, -0.05) is 13.8 Å². The highest BCUT2D eigenvalue weighted by molar-refractivity contribution is 5.77. The SMILES string of the molecule is COc1c(C(C)C)ncnc1C1CC(=O)NCCN1. The Balaban J connectivity index is 2.37. The third-order valence-electron chi connectivity index (χ3n) is 3.17. The number of carbonyl (C=O) groups excluding carboxylic acids is 1. The molecule has 0 saturated carbocycles. The fourth-order valence-corrected chi connectivity index (χ4v) is 2.24. The van der Waals surface area contributed by atoms with Crippen LogP contribution in [0.1, 0.15) is 43.6 Å². The summed E-state index contributed by atoms with van der Waals surface area (Å²) >= 11 is 0. The molecule has 19 heavy (non-hydrogen) atoms. The molecule has 1 amide bonds. The van der Waals surface area contributed by atoms with Gasteiger partial charge < -0.3 is 15.4 Å². The molecule has 1 aromatic rings. The number of methoxy groups -OCH3 is 1. The lowest BCUT2D eigenvalue weighted by atomic mass is 10.0. The molecule has 2 rings (SSSR count). The zero-order valence-electron chi connectivity index (χ0n) is 11.6. The van der Waals surface area contributed by atoms with Gasteiger partial charge in [0.2, 0.25) is 5.91 Å². The molecule has 1 saturated heterocycles. The highest BCUT2D eigenvalue weighted by Crippen LogP contribution is 2.31. The molecule has 1 aliphatic heterocycles. The largest absolute Gasteiger partial charge is 0.493 e. The quantitative estimate of drug-likeness (QED) is 0.843. The Morgan fingerprint density at radius 3 is 2.84 bits per heavy atom. The molecule has 0 bridgehead atoms. The van der Waals surface area contributed by atoms with E-state index in [0.29, 0.717) is 18.7 Å². The number of hydrogen-bond acceptors (Lipinski definition) is 5. The fourth-order valence-electron chi connectivity index (χ4n) is 2.24. The smallest absolute Gasteiger partial charge is 0.222 e. The van der Waals surface area contributed by atoms with Crippen LogP contribution in [0.5, 0.6) is 5.75 Å². The molecule has 0 aromatic carbocycles. The van der Waals surface area contributed by atoms with Gasteiger partial charge in [-0.3, -0.25) is 4.79 Å². The number of hydrogen-bond donors (Lipinski definition) is 2. The summed E-state index contributed by atoms with van der Waals surface area (Å²) in [6.45, 7) is 5.48. The van der Waals surface area contributed by atoms with E-state index >= 15 is 0 Å². The molecule has 1 atom stereocenters. The molecule has 1 aliphatic rings. The molecule has 0 spiro atoms. The van der Waals surface area contributed by atoms with Crippen LogP contribution in [0.15, 0.2) is 6.33 Å². The van der Waals surface area contributed by atoms with Crippen LogP contribution in [0.4, 0.5) is 0 Å². The van der Waals surface area contributed by atoms with Gasteiger partial charge in [0, 0.05) is 19.5 Å². The summed E-state index contributed by atoms with van der Waals surface area (Å²) in [5.41, 5.74) is 1.64. The highest BCUT2D eigenvalue weighted by Gasteiger charge is 2.25. The average molecular weight is 264 g/mol. The Morgan fingerprint density at radius 1 is 1.37 bits per heavy atom. The van der Waals surface area contributed by atoms with Crippen molar-refractivity contribution >= 4 is 5.91 Å². The van der Waals surface area contributed by atoms with Crippen LogP contribution in [0, 0.1) is 0 Å². The lowest BCUT2D eigenvalue weighted by Gasteiger charge is -2.19. The van der Waals surface area contributed by atoms with Crippen molar-refractivity contribution in [3.05, 3.63) is 17.7 Å². The Morgan fingerprint density at radius 2 is 2.16 bits per heavy atom. The van der Waals surface area contributed by atoms with E-state index < -0.39 is 0 Å². The van der Waals surface area contributed by atoms with E-state index in [0.717, 1.165) is 17.9 Å². The van der Waals surface area contributed by atoms with Gasteiger partial charge in [0.1, 0.15) is 12.0 Å². The molecule has 2 heterocycles. The van der Waals surface area contributed by atoms with Gasteiger partial charge in [-0.2, -0.15) is 0 Å². The fraction of sp³-hybridized carbons (Fsp3) is 0.615. The first-order valence-electron chi connectivity index (χ1n) is 6.52. The molecule has 0 aliphatic carbocycles. The van der Waals surface area contributed by atoms with Gasteiger partial charge in [-0.05, 0) is 5.92 Å². The second-order valence-corrected chi connectivity index (χ2v) is 4.89. The number of ether oxygens (including phenoxy) is 1. The average Bonchev–Trinajstić information content (AvgIpc) is 2.62. The van der Waals surface area contributed by atoms with Gasteiger partial charge in [-0.15, -0.1) is 0 Å². The van der Waals surface area contributed by atoms with Gasteiger partial charge in [0.25, 0.3) is 0 Å². The molecule has 6 nitrogen and oxygen atoms in total. The number of amides is 1. The molecule has 1 fully saturated rings. The zero-order valence-corrected chi connectivity index (χ0v) is 11.6. The van der Waals surface area contributed by atoms with Crippen LogP contribution < -0.4 is 15.4 Å². The topological polar surface area (TPSA) is 76.1 Å². The highest BCUT2D eigenvalue weighted by atomic mass is 16.5. The van der Waals surface area contributed by atoms with Crippen molar-refractivity contribution < 1.29 is 9.53 Å². The first-order valence-corrected chi connectivity index (χ1v) is 6.52. The molecule has 1 aromatic heterocycles. The minimum atomic E-state index is -0.127. The van der Waals surface area contributed by atoms with Gasteiger partial charge in [0.15, 0.2) is 5.75 Å². The minimum absolute atomic E-state index is 0.0294.